The summed E-state index contributed by atoms with van der Waals surface area (Å²) in [6.45, 7) is 3.93. The van der Waals surface area contributed by atoms with Crippen molar-refractivity contribution in [3.8, 4) is 0 Å². The first-order chi connectivity index (χ1) is 13.0. The van der Waals surface area contributed by atoms with Crippen LogP contribution in [0, 0.1) is 5.82 Å². The van der Waals surface area contributed by atoms with E-state index in [-0.39, 0.29) is 11.9 Å². The second kappa shape index (κ2) is 5.82. The van der Waals surface area contributed by atoms with Crippen LogP contribution < -0.4 is 5.76 Å². The summed E-state index contributed by atoms with van der Waals surface area (Å²) in [7, 11) is 0. The summed E-state index contributed by atoms with van der Waals surface area (Å²) in [6, 6.07) is 8.91. The molecule has 0 fully saturated rings. The number of fused-ring (bicyclic) bond motifs is 3. The maximum absolute atomic E-state index is 14.5. The highest BCUT2D eigenvalue weighted by molar-refractivity contribution is 7.19. The smallest absolute Gasteiger partial charge is 0.417 e. The molecule has 0 saturated heterocycles. The van der Waals surface area contributed by atoms with Crippen LogP contribution in [0.25, 0.3) is 27.3 Å². The van der Waals surface area contributed by atoms with Crippen molar-refractivity contribution in [1.29, 1.82) is 0 Å². The fourth-order valence-electron chi connectivity index (χ4n) is 3.83. The quantitative estimate of drug-likeness (QED) is 0.498. The molecule has 5 rings (SSSR count). The van der Waals surface area contributed by atoms with Gasteiger partial charge in [0.25, 0.3) is 0 Å². The Morgan fingerprint density at radius 3 is 2.96 bits per heavy atom. The van der Waals surface area contributed by atoms with Crippen molar-refractivity contribution in [3.63, 3.8) is 0 Å². The van der Waals surface area contributed by atoms with Gasteiger partial charge >= 0.3 is 5.76 Å². The molecular weight excluding hydrogens is 365 g/mol. The van der Waals surface area contributed by atoms with Crippen LogP contribution in [-0.4, -0.2) is 4.98 Å². The number of hydrogen-bond acceptors (Lipinski definition) is 4. The summed E-state index contributed by atoms with van der Waals surface area (Å²) in [5, 5.41) is 0.673. The average Bonchev–Trinajstić information content (AvgIpc) is 3.18. The lowest BCUT2D eigenvalue weighted by atomic mass is 9.94. The maximum Gasteiger partial charge on any atom is 0.417 e. The Balaban J connectivity index is 1.79. The number of halogens is 1. The highest BCUT2D eigenvalue weighted by Crippen LogP contribution is 2.45. The number of allylic oxidation sites excluding steroid dienone is 1. The summed E-state index contributed by atoms with van der Waals surface area (Å²) >= 11 is 1.55. The van der Waals surface area contributed by atoms with E-state index < -0.39 is 5.76 Å². The van der Waals surface area contributed by atoms with Crippen molar-refractivity contribution in [2.75, 3.05) is 0 Å². The van der Waals surface area contributed by atoms with Gasteiger partial charge in [-0.15, -0.1) is 11.3 Å². The normalized spacial score (nSPS) is 16.4. The van der Waals surface area contributed by atoms with Crippen LogP contribution in [0.3, 0.4) is 0 Å². The van der Waals surface area contributed by atoms with Crippen molar-refractivity contribution in [1.82, 2.24) is 4.98 Å². The van der Waals surface area contributed by atoms with Gasteiger partial charge in [-0.3, -0.25) is 4.98 Å². The standard InChI is InChI=1S/C21H16FNO3S/c1-3-12-18-14(22)5-4-6-17(18)27-20(12)19-13-9-16-15(23-21(24)26-16)8-11(13)7-10(2)25-19/h4-9,19H,3H2,1-2H3,(H,23,24). The van der Waals surface area contributed by atoms with Gasteiger partial charge in [-0.25, -0.2) is 9.18 Å². The second-order valence-electron chi connectivity index (χ2n) is 6.66. The van der Waals surface area contributed by atoms with Crippen molar-refractivity contribution < 1.29 is 13.5 Å². The number of ether oxygens (including phenoxy) is 1. The van der Waals surface area contributed by atoms with Gasteiger partial charge < -0.3 is 9.15 Å². The van der Waals surface area contributed by atoms with Crippen molar-refractivity contribution in [3.05, 3.63) is 74.0 Å². The van der Waals surface area contributed by atoms with Gasteiger partial charge in [0.1, 0.15) is 5.82 Å². The number of thiophene rings is 1. The monoisotopic (exact) mass is 381 g/mol. The zero-order valence-electron chi connectivity index (χ0n) is 14.8. The summed E-state index contributed by atoms with van der Waals surface area (Å²) < 4.78 is 26.8. The van der Waals surface area contributed by atoms with Gasteiger partial charge in [-0.1, -0.05) is 13.0 Å². The van der Waals surface area contributed by atoms with Crippen molar-refractivity contribution >= 4 is 38.6 Å². The van der Waals surface area contributed by atoms with E-state index in [0.29, 0.717) is 22.9 Å². The van der Waals surface area contributed by atoms with Crippen molar-refractivity contribution in [2.45, 2.75) is 26.4 Å². The van der Waals surface area contributed by atoms with E-state index in [4.69, 9.17) is 9.15 Å². The number of aromatic amines is 1. The van der Waals surface area contributed by atoms with Crippen LogP contribution in [0.5, 0.6) is 0 Å². The number of oxazole rings is 1. The SMILES string of the molecule is CCc1c(C2OC(C)=Cc3cc4[nH]c(=O)oc4cc32)sc2cccc(F)c12. The second-order valence-corrected chi connectivity index (χ2v) is 7.74. The third-order valence-electron chi connectivity index (χ3n) is 4.96. The third-order valence-corrected chi connectivity index (χ3v) is 6.20. The minimum absolute atomic E-state index is 0.206. The third kappa shape index (κ3) is 2.44. The molecule has 2 aromatic carbocycles. The zero-order valence-corrected chi connectivity index (χ0v) is 15.6. The number of nitrogens with one attached hydrogen (secondary N) is 1. The van der Waals surface area contributed by atoms with Crippen molar-refractivity contribution in [2.24, 2.45) is 0 Å². The number of aromatic nitrogens is 1. The average molecular weight is 381 g/mol. The number of hydrogen-bond donors (Lipinski definition) is 1. The topological polar surface area (TPSA) is 55.2 Å². The molecule has 3 heterocycles. The lowest BCUT2D eigenvalue weighted by Gasteiger charge is -2.26. The Bertz CT molecular complexity index is 1290. The molecule has 0 radical (unpaired) electrons. The van der Waals surface area contributed by atoms with Gasteiger partial charge in [-0.05, 0) is 54.8 Å². The molecule has 1 aliphatic heterocycles. The van der Waals surface area contributed by atoms with E-state index in [1.165, 1.54) is 6.07 Å². The number of H-pyrrole nitrogens is 1. The van der Waals surface area contributed by atoms with Crippen LogP contribution in [0.4, 0.5) is 4.39 Å². The van der Waals surface area contributed by atoms with Gasteiger partial charge in [0.15, 0.2) is 11.7 Å². The van der Waals surface area contributed by atoms with Crippen LogP contribution in [-0.2, 0) is 11.2 Å². The summed E-state index contributed by atoms with van der Waals surface area (Å²) in [6.07, 6.45) is 2.28. The molecule has 0 saturated carbocycles. The molecule has 0 bridgehead atoms. The van der Waals surface area contributed by atoms with Crippen LogP contribution in [0.15, 0.2) is 45.3 Å². The molecule has 1 N–H and O–H groups in total. The minimum Gasteiger partial charge on any atom is -0.485 e. The van der Waals surface area contributed by atoms with E-state index in [1.807, 2.05) is 38.1 Å². The fraction of sp³-hybridized carbons (Fsp3) is 0.190. The molecule has 4 nitrogen and oxygen atoms in total. The van der Waals surface area contributed by atoms with E-state index in [1.54, 1.807) is 17.4 Å². The number of benzene rings is 2. The van der Waals surface area contributed by atoms with Gasteiger partial charge in [0.05, 0.1) is 16.2 Å². The minimum atomic E-state index is -0.483. The van der Waals surface area contributed by atoms with Crippen LogP contribution in [0.1, 0.15) is 41.5 Å². The molecular formula is C21H16FNO3S. The lowest BCUT2D eigenvalue weighted by Crippen LogP contribution is -2.11. The summed E-state index contributed by atoms with van der Waals surface area (Å²) in [5.74, 6) is 0.0867. The number of rotatable bonds is 2. The molecule has 2 aromatic heterocycles. The van der Waals surface area contributed by atoms with Crippen LogP contribution >= 0.6 is 11.3 Å². The van der Waals surface area contributed by atoms with Gasteiger partial charge in [0, 0.05) is 15.6 Å². The van der Waals surface area contributed by atoms with Crippen LogP contribution in [0.2, 0.25) is 0 Å². The highest BCUT2D eigenvalue weighted by atomic mass is 32.1. The van der Waals surface area contributed by atoms with E-state index in [9.17, 15) is 9.18 Å². The number of aryl methyl sites for hydroxylation is 1. The molecule has 6 heteroatoms. The Morgan fingerprint density at radius 1 is 1.30 bits per heavy atom. The van der Waals surface area contributed by atoms with E-state index in [2.05, 4.69) is 4.98 Å². The Labute approximate surface area is 157 Å². The molecule has 1 unspecified atom stereocenters. The highest BCUT2D eigenvalue weighted by Gasteiger charge is 2.29. The maximum atomic E-state index is 14.5. The molecule has 0 aliphatic carbocycles. The predicted molar refractivity (Wildman–Crippen MR) is 105 cm³/mol. The largest absolute Gasteiger partial charge is 0.485 e. The lowest BCUT2D eigenvalue weighted by molar-refractivity contribution is 0.152. The van der Waals surface area contributed by atoms with E-state index >= 15 is 0 Å². The van der Waals surface area contributed by atoms with Gasteiger partial charge in [-0.2, -0.15) is 0 Å². The predicted octanol–water partition coefficient (Wildman–Crippen LogP) is 5.52. The molecule has 0 amide bonds. The molecule has 0 spiro atoms. The Hall–Kier alpha value is -2.86. The molecule has 1 aliphatic rings. The zero-order chi connectivity index (χ0) is 18.7. The molecule has 4 aromatic rings. The van der Waals surface area contributed by atoms with Gasteiger partial charge in [0.2, 0.25) is 0 Å². The van der Waals surface area contributed by atoms with E-state index in [0.717, 1.165) is 32.0 Å². The Morgan fingerprint density at radius 2 is 2.15 bits per heavy atom. The first-order valence-corrected chi connectivity index (χ1v) is 9.58. The summed E-state index contributed by atoms with van der Waals surface area (Å²) in [4.78, 5) is 15.2. The first kappa shape index (κ1) is 16.3. The fourth-order valence-corrected chi connectivity index (χ4v) is 5.19. The molecule has 136 valence electrons. The Kier molecular flexibility index (Phi) is 3.52. The molecule has 27 heavy (non-hydrogen) atoms. The summed E-state index contributed by atoms with van der Waals surface area (Å²) in [5.41, 5.74) is 3.99. The molecule has 1 atom stereocenters. The first-order valence-electron chi connectivity index (χ1n) is 8.76.